The van der Waals surface area contributed by atoms with E-state index in [9.17, 15) is 22.0 Å². The van der Waals surface area contributed by atoms with Crippen LogP contribution in [0.2, 0.25) is 0 Å². The second kappa shape index (κ2) is 6.64. The third-order valence-electron chi connectivity index (χ3n) is 3.63. The predicted octanol–water partition coefficient (Wildman–Crippen LogP) is 3.45. The maximum atomic E-state index is 13.2. The average Bonchev–Trinajstić information content (AvgIpc) is 2.69. The highest BCUT2D eigenvalue weighted by atomic mass is 32.2. The molecule has 1 heterocycles. The summed E-state index contributed by atoms with van der Waals surface area (Å²) < 4.78 is 53.3. The molecule has 2 aromatic rings. The minimum Gasteiger partial charge on any atom is -0.325 e. The second-order valence-corrected chi connectivity index (χ2v) is 8.34. The third kappa shape index (κ3) is 3.77. The molecule has 0 spiro atoms. The number of benzene rings is 2. The summed E-state index contributed by atoms with van der Waals surface area (Å²) in [4.78, 5) is 12.6. The first-order valence-electron chi connectivity index (χ1n) is 7.32. The number of sulfonamides is 1. The first-order valence-corrected chi connectivity index (χ1v) is 9.79. The van der Waals surface area contributed by atoms with E-state index in [0.29, 0.717) is 11.4 Å². The van der Waals surface area contributed by atoms with Gasteiger partial charge in [-0.15, -0.1) is 11.8 Å². The molecule has 1 aliphatic heterocycles. The fourth-order valence-corrected chi connectivity index (χ4v) is 4.31. The maximum absolute atomic E-state index is 13.2. The Labute approximate surface area is 147 Å². The van der Waals surface area contributed by atoms with E-state index in [4.69, 9.17) is 0 Å². The highest BCUT2D eigenvalue weighted by Crippen LogP contribution is 2.34. The number of hydrogen-bond donors (Lipinski definition) is 2. The lowest BCUT2D eigenvalue weighted by atomic mass is 10.2. The Bertz CT molecular complexity index is 948. The number of rotatable bonds is 3. The summed E-state index contributed by atoms with van der Waals surface area (Å²) in [5, 5.41) is 2.70. The van der Waals surface area contributed by atoms with Crippen LogP contribution in [0.5, 0.6) is 0 Å². The molecule has 3 rings (SSSR count). The summed E-state index contributed by atoms with van der Waals surface area (Å²) in [5.74, 6) is -2.01. The molecule has 9 heteroatoms. The van der Waals surface area contributed by atoms with Crippen LogP contribution in [0.25, 0.3) is 0 Å². The summed E-state index contributed by atoms with van der Waals surface area (Å²) in [7, 11) is -4.02. The SMILES string of the molecule is CC1CSc2ccc(S(=O)(=O)Nc3ccc(F)c(F)c3)cc2NC1=O. The molecule has 1 aliphatic rings. The molecule has 0 fully saturated rings. The Balaban J connectivity index is 1.91. The molecular weight excluding hydrogens is 370 g/mol. The van der Waals surface area contributed by atoms with Crippen molar-refractivity contribution in [3.05, 3.63) is 48.0 Å². The average molecular weight is 384 g/mol. The number of hydrogen-bond acceptors (Lipinski definition) is 4. The van der Waals surface area contributed by atoms with Gasteiger partial charge in [0.2, 0.25) is 5.91 Å². The molecule has 5 nitrogen and oxygen atoms in total. The molecule has 2 N–H and O–H groups in total. The van der Waals surface area contributed by atoms with Crippen molar-refractivity contribution in [2.24, 2.45) is 5.92 Å². The fourth-order valence-electron chi connectivity index (χ4n) is 2.22. The summed E-state index contributed by atoms with van der Waals surface area (Å²) in [5.41, 5.74) is 0.313. The van der Waals surface area contributed by atoms with Crippen LogP contribution in [0.15, 0.2) is 46.2 Å². The smallest absolute Gasteiger partial charge is 0.261 e. The molecule has 1 atom stereocenters. The Morgan fingerprint density at radius 3 is 2.64 bits per heavy atom. The van der Waals surface area contributed by atoms with Gasteiger partial charge in [0.15, 0.2) is 11.6 Å². The van der Waals surface area contributed by atoms with Crippen molar-refractivity contribution >= 4 is 39.1 Å². The van der Waals surface area contributed by atoms with Crippen LogP contribution >= 0.6 is 11.8 Å². The zero-order valence-electron chi connectivity index (χ0n) is 13.0. The minimum atomic E-state index is -4.02. The van der Waals surface area contributed by atoms with E-state index in [1.807, 2.05) is 0 Å². The van der Waals surface area contributed by atoms with Gasteiger partial charge in [-0.25, -0.2) is 17.2 Å². The quantitative estimate of drug-likeness (QED) is 0.850. The van der Waals surface area contributed by atoms with Gasteiger partial charge >= 0.3 is 0 Å². The van der Waals surface area contributed by atoms with Crippen LogP contribution in [-0.4, -0.2) is 20.1 Å². The van der Waals surface area contributed by atoms with Gasteiger partial charge in [0.05, 0.1) is 16.3 Å². The Kier molecular flexibility index (Phi) is 4.70. The van der Waals surface area contributed by atoms with E-state index in [1.54, 1.807) is 13.0 Å². The molecule has 132 valence electrons. The van der Waals surface area contributed by atoms with Gasteiger partial charge < -0.3 is 5.32 Å². The molecule has 2 aromatic carbocycles. The summed E-state index contributed by atoms with van der Waals surface area (Å²) >= 11 is 1.46. The molecule has 0 radical (unpaired) electrons. The first-order chi connectivity index (χ1) is 11.8. The van der Waals surface area contributed by atoms with Crippen molar-refractivity contribution < 1.29 is 22.0 Å². The van der Waals surface area contributed by atoms with E-state index in [2.05, 4.69) is 10.0 Å². The van der Waals surface area contributed by atoms with Crippen LogP contribution < -0.4 is 10.0 Å². The van der Waals surface area contributed by atoms with Gasteiger partial charge in [-0.1, -0.05) is 6.92 Å². The lowest BCUT2D eigenvalue weighted by Gasteiger charge is -2.12. The van der Waals surface area contributed by atoms with Crippen molar-refractivity contribution in [2.75, 3.05) is 15.8 Å². The van der Waals surface area contributed by atoms with Crippen molar-refractivity contribution in [2.45, 2.75) is 16.7 Å². The zero-order valence-corrected chi connectivity index (χ0v) is 14.7. The normalized spacial score (nSPS) is 17.4. The van der Waals surface area contributed by atoms with Crippen LogP contribution in [0.4, 0.5) is 20.2 Å². The Morgan fingerprint density at radius 2 is 1.92 bits per heavy atom. The molecular formula is C16H14F2N2O3S2. The van der Waals surface area contributed by atoms with Crippen LogP contribution in [0, 0.1) is 17.6 Å². The number of halogens is 2. The van der Waals surface area contributed by atoms with Gasteiger partial charge in [0.1, 0.15) is 0 Å². The number of anilines is 2. The third-order valence-corrected chi connectivity index (χ3v) is 6.34. The maximum Gasteiger partial charge on any atom is 0.261 e. The van der Waals surface area contributed by atoms with E-state index in [0.717, 1.165) is 23.1 Å². The highest BCUT2D eigenvalue weighted by Gasteiger charge is 2.23. The predicted molar refractivity (Wildman–Crippen MR) is 92.1 cm³/mol. The van der Waals surface area contributed by atoms with E-state index in [-0.39, 0.29) is 22.4 Å². The highest BCUT2D eigenvalue weighted by molar-refractivity contribution is 7.99. The number of fused-ring (bicyclic) bond motifs is 1. The van der Waals surface area contributed by atoms with Crippen molar-refractivity contribution in [1.82, 2.24) is 0 Å². The van der Waals surface area contributed by atoms with Crippen LogP contribution in [0.1, 0.15) is 6.92 Å². The number of nitrogens with one attached hydrogen (secondary N) is 2. The molecule has 25 heavy (non-hydrogen) atoms. The molecule has 1 amide bonds. The molecule has 0 aromatic heterocycles. The largest absolute Gasteiger partial charge is 0.325 e. The minimum absolute atomic E-state index is 0.0913. The second-order valence-electron chi connectivity index (χ2n) is 5.59. The van der Waals surface area contributed by atoms with Gasteiger partial charge in [-0.05, 0) is 30.3 Å². The van der Waals surface area contributed by atoms with E-state index < -0.39 is 21.7 Å². The van der Waals surface area contributed by atoms with Crippen LogP contribution in [0.3, 0.4) is 0 Å². The number of thioether (sulfide) groups is 1. The lowest BCUT2D eigenvalue weighted by molar-refractivity contribution is -0.118. The Morgan fingerprint density at radius 1 is 1.16 bits per heavy atom. The monoisotopic (exact) mass is 384 g/mol. The molecule has 0 saturated carbocycles. The van der Waals surface area contributed by atoms with Gasteiger partial charge in [0.25, 0.3) is 10.0 Å². The van der Waals surface area contributed by atoms with Gasteiger partial charge in [0, 0.05) is 22.6 Å². The van der Waals surface area contributed by atoms with Crippen molar-refractivity contribution in [1.29, 1.82) is 0 Å². The van der Waals surface area contributed by atoms with Gasteiger partial charge in [-0.2, -0.15) is 0 Å². The fraction of sp³-hybridized carbons (Fsp3) is 0.188. The van der Waals surface area contributed by atoms with Crippen LogP contribution in [-0.2, 0) is 14.8 Å². The number of carbonyl (C=O) groups is 1. The standard InChI is InChI=1S/C16H14F2N2O3S2/c1-9-8-24-15-5-3-11(7-14(15)19-16(9)21)25(22,23)20-10-2-4-12(17)13(18)6-10/h2-7,9,20H,8H2,1H3,(H,19,21). The summed E-state index contributed by atoms with van der Waals surface area (Å²) in [6, 6.07) is 7.08. The topological polar surface area (TPSA) is 75.3 Å². The summed E-state index contributed by atoms with van der Waals surface area (Å²) in [6.07, 6.45) is 0. The Hall–Kier alpha value is -2.13. The van der Waals surface area contributed by atoms with E-state index in [1.165, 1.54) is 23.9 Å². The van der Waals surface area contributed by atoms with E-state index >= 15 is 0 Å². The number of amides is 1. The zero-order chi connectivity index (χ0) is 18.2. The van der Waals surface area contributed by atoms with Crippen molar-refractivity contribution in [3.8, 4) is 0 Å². The molecule has 0 bridgehead atoms. The molecule has 1 unspecified atom stereocenters. The molecule has 0 aliphatic carbocycles. The lowest BCUT2D eigenvalue weighted by Crippen LogP contribution is -2.20. The summed E-state index contributed by atoms with van der Waals surface area (Å²) in [6.45, 7) is 1.79. The van der Waals surface area contributed by atoms with Crippen molar-refractivity contribution in [3.63, 3.8) is 0 Å². The van der Waals surface area contributed by atoms with Gasteiger partial charge in [-0.3, -0.25) is 9.52 Å². The first kappa shape index (κ1) is 17.7. The molecule has 0 saturated heterocycles. The number of carbonyl (C=O) groups excluding carboxylic acids is 1.